The van der Waals surface area contributed by atoms with Gasteiger partial charge in [-0.25, -0.2) is 4.98 Å². The predicted octanol–water partition coefficient (Wildman–Crippen LogP) is 2.64. The van der Waals surface area contributed by atoms with E-state index in [9.17, 15) is 9.59 Å². The number of unbranched alkanes of at least 4 members (excludes halogenated alkanes) is 1. The van der Waals surface area contributed by atoms with E-state index in [1.807, 2.05) is 28.8 Å². The Kier molecular flexibility index (Phi) is 4.92. The van der Waals surface area contributed by atoms with Gasteiger partial charge in [0.2, 0.25) is 11.9 Å². The van der Waals surface area contributed by atoms with Crippen molar-refractivity contribution in [3.63, 3.8) is 0 Å². The number of amides is 1. The minimum Gasteiger partial charge on any atom is -0.481 e. The van der Waals surface area contributed by atoms with Crippen LogP contribution in [0.4, 0.5) is 5.95 Å². The number of imidazole rings is 1. The quantitative estimate of drug-likeness (QED) is 0.820. The van der Waals surface area contributed by atoms with Gasteiger partial charge in [-0.15, -0.1) is 0 Å². The van der Waals surface area contributed by atoms with Gasteiger partial charge in [0, 0.05) is 13.0 Å². The number of aryl methyl sites for hydroxylation is 1. The molecule has 0 bridgehead atoms. The van der Waals surface area contributed by atoms with Crippen LogP contribution in [0, 0.1) is 0 Å². The van der Waals surface area contributed by atoms with Crippen LogP contribution in [0.2, 0.25) is 0 Å². The molecule has 0 saturated heterocycles. The van der Waals surface area contributed by atoms with Crippen LogP contribution < -0.4 is 5.32 Å². The number of anilines is 1. The summed E-state index contributed by atoms with van der Waals surface area (Å²) >= 11 is 0. The van der Waals surface area contributed by atoms with E-state index in [4.69, 9.17) is 5.11 Å². The van der Waals surface area contributed by atoms with Crippen molar-refractivity contribution in [2.24, 2.45) is 0 Å². The molecule has 6 heteroatoms. The monoisotopic (exact) mass is 289 g/mol. The Balaban J connectivity index is 2.21. The lowest BCUT2D eigenvalue weighted by Crippen LogP contribution is -2.17. The third-order valence-electron chi connectivity index (χ3n) is 3.21. The van der Waals surface area contributed by atoms with Crippen LogP contribution in [0.1, 0.15) is 32.6 Å². The summed E-state index contributed by atoms with van der Waals surface area (Å²) in [5.41, 5.74) is 1.79. The van der Waals surface area contributed by atoms with E-state index in [0.29, 0.717) is 5.95 Å². The summed E-state index contributed by atoms with van der Waals surface area (Å²) in [6.07, 6.45) is 1.80. The summed E-state index contributed by atoms with van der Waals surface area (Å²) in [5, 5.41) is 11.3. The zero-order valence-corrected chi connectivity index (χ0v) is 12.0. The standard InChI is InChI=1S/C15H19N3O3/c1-2-3-10-18-12-7-5-4-6-11(12)16-15(18)17-13(19)8-9-14(20)21/h4-7H,2-3,8-10H2,1H3,(H,20,21)(H,16,17,19). The van der Waals surface area contributed by atoms with Crippen molar-refractivity contribution in [1.82, 2.24) is 9.55 Å². The first-order valence-electron chi connectivity index (χ1n) is 7.08. The topological polar surface area (TPSA) is 84.2 Å². The zero-order valence-electron chi connectivity index (χ0n) is 12.0. The molecule has 1 amide bonds. The van der Waals surface area contributed by atoms with Crippen LogP contribution in [0.3, 0.4) is 0 Å². The molecule has 0 aliphatic carbocycles. The van der Waals surface area contributed by atoms with Crippen molar-refractivity contribution >= 4 is 28.9 Å². The van der Waals surface area contributed by atoms with Gasteiger partial charge in [0.05, 0.1) is 17.5 Å². The van der Waals surface area contributed by atoms with Crippen molar-refractivity contribution in [3.8, 4) is 0 Å². The number of carbonyl (C=O) groups is 2. The van der Waals surface area contributed by atoms with Crippen LogP contribution >= 0.6 is 0 Å². The van der Waals surface area contributed by atoms with Crippen molar-refractivity contribution in [3.05, 3.63) is 24.3 Å². The molecule has 0 unspecified atom stereocenters. The first-order valence-corrected chi connectivity index (χ1v) is 7.08. The van der Waals surface area contributed by atoms with Gasteiger partial charge in [-0.05, 0) is 18.6 Å². The summed E-state index contributed by atoms with van der Waals surface area (Å²) in [6.45, 7) is 2.87. The number of hydrogen-bond acceptors (Lipinski definition) is 3. The van der Waals surface area contributed by atoms with Crippen LogP contribution in [0.25, 0.3) is 11.0 Å². The minimum atomic E-state index is -0.982. The summed E-state index contributed by atoms with van der Waals surface area (Å²) < 4.78 is 1.97. The van der Waals surface area contributed by atoms with Gasteiger partial charge in [0.25, 0.3) is 0 Å². The molecule has 1 heterocycles. The molecule has 0 saturated carbocycles. The number of carbonyl (C=O) groups excluding carboxylic acids is 1. The second kappa shape index (κ2) is 6.88. The lowest BCUT2D eigenvalue weighted by molar-refractivity contribution is -0.138. The second-order valence-electron chi connectivity index (χ2n) is 4.87. The molecule has 0 spiro atoms. The Bertz CT molecular complexity index is 649. The second-order valence-corrected chi connectivity index (χ2v) is 4.87. The highest BCUT2D eigenvalue weighted by molar-refractivity contribution is 5.93. The zero-order chi connectivity index (χ0) is 15.2. The Morgan fingerprint density at radius 2 is 2.05 bits per heavy atom. The number of hydrogen-bond donors (Lipinski definition) is 2. The molecular weight excluding hydrogens is 270 g/mol. The highest BCUT2D eigenvalue weighted by Crippen LogP contribution is 2.20. The number of rotatable bonds is 7. The van der Waals surface area contributed by atoms with Gasteiger partial charge >= 0.3 is 5.97 Å². The van der Waals surface area contributed by atoms with Gasteiger partial charge < -0.3 is 9.67 Å². The molecule has 112 valence electrons. The van der Waals surface area contributed by atoms with Crippen LogP contribution in [0.5, 0.6) is 0 Å². The SMILES string of the molecule is CCCCn1c(NC(=O)CCC(=O)O)nc2ccccc21. The Hall–Kier alpha value is -2.37. The average Bonchev–Trinajstić information content (AvgIpc) is 2.80. The fourth-order valence-corrected chi connectivity index (χ4v) is 2.12. The van der Waals surface area contributed by atoms with Gasteiger partial charge in [-0.1, -0.05) is 25.5 Å². The van der Waals surface area contributed by atoms with E-state index in [-0.39, 0.29) is 18.7 Å². The first-order chi connectivity index (χ1) is 10.1. The summed E-state index contributed by atoms with van der Waals surface area (Å²) in [7, 11) is 0. The number of para-hydroxylation sites is 2. The van der Waals surface area contributed by atoms with Crippen molar-refractivity contribution < 1.29 is 14.7 Å². The third kappa shape index (κ3) is 3.81. The normalized spacial score (nSPS) is 10.7. The van der Waals surface area contributed by atoms with E-state index >= 15 is 0 Å². The largest absolute Gasteiger partial charge is 0.481 e. The molecule has 0 radical (unpaired) electrons. The van der Waals surface area contributed by atoms with Crippen molar-refractivity contribution in [2.45, 2.75) is 39.2 Å². The summed E-state index contributed by atoms with van der Waals surface area (Å²) in [6, 6.07) is 7.69. The molecule has 0 aliphatic heterocycles. The molecule has 1 aromatic heterocycles. The Morgan fingerprint density at radius 1 is 1.29 bits per heavy atom. The van der Waals surface area contributed by atoms with E-state index in [1.54, 1.807) is 0 Å². The molecule has 2 N–H and O–H groups in total. The number of aromatic nitrogens is 2. The molecule has 0 aliphatic rings. The summed E-state index contributed by atoms with van der Waals surface area (Å²) in [4.78, 5) is 26.7. The van der Waals surface area contributed by atoms with Crippen molar-refractivity contribution in [1.29, 1.82) is 0 Å². The Morgan fingerprint density at radius 3 is 2.76 bits per heavy atom. The predicted molar refractivity (Wildman–Crippen MR) is 80.1 cm³/mol. The summed E-state index contributed by atoms with van der Waals surface area (Å²) in [5.74, 6) is -0.824. The maximum absolute atomic E-state index is 11.8. The molecule has 6 nitrogen and oxygen atoms in total. The molecule has 21 heavy (non-hydrogen) atoms. The molecule has 2 rings (SSSR count). The number of benzene rings is 1. The highest BCUT2D eigenvalue weighted by atomic mass is 16.4. The molecular formula is C15H19N3O3. The fourth-order valence-electron chi connectivity index (χ4n) is 2.12. The molecule has 0 fully saturated rings. The number of carboxylic acids is 1. The van der Waals surface area contributed by atoms with Crippen LogP contribution in [-0.4, -0.2) is 26.5 Å². The van der Waals surface area contributed by atoms with E-state index in [1.165, 1.54) is 0 Å². The van der Waals surface area contributed by atoms with E-state index in [2.05, 4.69) is 17.2 Å². The maximum Gasteiger partial charge on any atom is 0.303 e. The molecule has 1 aromatic carbocycles. The van der Waals surface area contributed by atoms with E-state index < -0.39 is 5.97 Å². The fraction of sp³-hybridized carbons (Fsp3) is 0.400. The number of nitrogens with one attached hydrogen (secondary N) is 1. The first kappa shape index (κ1) is 15.0. The smallest absolute Gasteiger partial charge is 0.303 e. The number of carboxylic acid groups (broad SMARTS) is 1. The van der Waals surface area contributed by atoms with Crippen LogP contribution in [-0.2, 0) is 16.1 Å². The van der Waals surface area contributed by atoms with Gasteiger partial charge in [0.15, 0.2) is 0 Å². The molecule has 2 aromatic rings. The lowest BCUT2D eigenvalue weighted by Gasteiger charge is -2.09. The van der Waals surface area contributed by atoms with Gasteiger partial charge in [-0.2, -0.15) is 0 Å². The lowest BCUT2D eigenvalue weighted by atomic mass is 10.3. The number of fused-ring (bicyclic) bond motifs is 1. The van der Waals surface area contributed by atoms with Crippen molar-refractivity contribution in [2.75, 3.05) is 5.32 Å². The van der Waals surface area contributed by atoms with Gasteiger partial charge in [0.1, 0.15) is 0 Å². The van der Waals surface area contributed by atoms with Gasteiger partial charge in [-0.3, -0.25) is 14.9 Å². The minimum absolute atomic E-state index is 0.0493. The number of nitrogens with zero attached hydrogens (tertiary/aromatic N) is 2. The Labute approximate surface area is 122 Å². The highest BCUT2D eigenvalue weighted by Gasteiger charge is 2.13. The third-order valence-corrected chi connectivity index (χ3v) is 3.21. The molecule has 0 atom stereocenters. The maximum atomic E-state index is 11.8. The number of aliphatic carboxylic acids is 1. The van der Waals surface area contributed by atoms with Crippen LogP contribution in [0.15, 0.2) is 24.3 Å². The van der Waals surface area contributed by atoms with E-state index in [0.717, 1.165) is 30.4 Å². The average molecular weight is 289 g/mol.